The number of nitrogens with zero attached hydrogens (tertiary/aromatic N) is 1. The van der Waals surface area contributed by atoms with E-state index in [0.717, 1.165) is 49.4 Å². The highest BCUT2D eigenvalue weighted by atomic mass is 127. The Balaban J connectivity index is 0.00000300. The molecule has 0 bridgehead atoms. The van der Waals surface area contributed by atoms with Crippen LogP contribution in [0.25, 0.3) is 0 Å². The molecule has 1 aromatic carbocycles. The van der Waals surface area contributed by atoms with Gasteiger partial charge >= 0.3 is 0 Å². The van der Waals surface area contributed by atoms with Gasteiger partial charge in [0.25, 0.3) is 0 Å². The quantitative estimate of drug-likeness (QED) is 0.328. The molecule has 0 aromatic heterocycles. The maximum absolute atomic E-state index is 12.2. The highest BCUT2D eigenvalue weighted by molar-refractivity contribution is 14.0. The monoisotopic (exact) mass is 555 g/mol. The van der Waals surface area contributed by atoms with E-state index in [-0.39, 0.29) is 29.2 Å². The molecule has 6 nitrogen and oxygen atoms in total. The van der Waals surface area contributed by atoms with Crippen molar-refractivity contribution in [3.05, 3.63) is 22.7 Å². The molecule has 0 radical (unpaired) electrons. The molecule has 0 saturated heterocycles. The van der Waals surface area contributed by atoms with E-state index in [9.17, 15) is 4.21 Å². The second-order valence-corrected chi connectivity index (χ2v) is 9.59. The van der Waals surface area contributed by atoms with E-state index in [1.807, 2.05) is 19.1 Å². The Morgan fingerprint density at radius 2 is 2.07 bits per heavy atom. The highest BCUT2D eigenvalue weighted by Crippen LogP contribution is 2.37. The molecule has 1 aromatic rings. The fraction of sp³-hybridized carbons (Fsp3) is 0.650. The van der Waals surface area contributed by atoms with Gasteiger partial charge in [0.2, 0.25) is 0 Å². The van der Waals surface area contributed by atoms with Crippen molar-refractivity contribution in [1.29, 1.82) is 0 Å². The van der Waals surface area contributed by atoms with Gasteiger partial charge in [-0.1, -0.05) is 24.9 Å². The van der Waals surface area contributed by atoms with Crippen molar-refractivity contribution in [1.82, 2.24) is 10.6 Å². The Labute approximate surface area is 198 Å². The molecule has 1 saturated carbocycles. The fourth-order valence-corrected chi connectivity index (χ4v) is 5.35. The van der Waals surface area contributed by atoms with Crippen LogP contribution < -0.4 is 20.1 Å². The summed E-state index contributed by atoms with van der Waals surface area (Å²) < 4.78 is 23.6. The summed E-state index contributed by atoms with van der Waals surface area (Å²) in [6.07, 6.45) is 5.01. The lowest BCUT2D eigenvalue weighted by Crippen LogP contribution is -2.46. The van der Waals surface area contributed by atoms with Gasteiger partial charge in [-0.05, 0) is 37.0 Å². The minimum Gasteiger partial charge on any atom is -0.489 e. The van der Waals surface area contributed by atoms with Gasteiger partial charge in [-0.25, -0.2) is 0 Å². The lowest BCUT2D eigenvalue weighted by Gasteiger charge is -2.30. The second-order valence-electron chi connectivity index (χ2n) is 7.18. The standard InChI is InChI=1S/C20H30ClN3O3S.HI/c1-3-28(25)16-7-4-6-15(12-16)24-20(22-2)23-13-14-10-17(21)19-18(11-14)26-8-5-9-27-19;/h10-11,15-16H,3-9,12-13H2,1-2H3,(H2,22,23,24);1H. The zero-order valence-electron chi connectivity index (χ0n) is 17.0. The van der Waals surface area contributed by atoms with Crippen LogP contribution in [0, 0.1) is 0 Å². The van der Waals surface area contributed by atoms with E-state index in [2.05, 4.69) is 15.6 Å². The first-order valence-corrected chi connectivity index (χ1v) is 11.8. The van der Waals surface area contributed by atoms with Gasteiger partial charge in [-0.3, -0.25) is 9.20 Å². The van der Waals surface area contributed by atoms with Crippen LogP contribution in [0.5, 0.6) is 11.5 Å². The molecule has 2 N–H and O–H groups in total. The van der Waals surface area contributed by atoms with E-state index in [4.69, 9.17) is 21.1 Å². The summed E-state index contributed by atoms with van der Waals surface area (Å²) in [5.41, 5.74) is 1.01. The Morgan fingerprint density at radius 1 is 1.28 bits per heavy atom. The number of halogens is 2. The average molecular weight is 556 g/mol. The molecule has 9 heteroatoms. The van der Waals surface area contributed by atoms with Crippen molar-refractivity contribution in [3.8, 4) is 11.5 Å². The number of aliphatic imine (C=N–C) groups is 1. The number of ether oxygens (including phenoxy) is 2. The van der Waals surface area contributed by atoms with E-state index in [0.29, 0.717) is 42.3 Å². The van der Waals surface area contributed by atoms with Gasteiger partial charge < -0.3 is 20.1 Å². The van der Waals surface area contributed by atoms with Crippen LogP contribution in [0.1, 0.15) is 44.6 Å². The van der Waals surface area contributed by atoms with Crippen LogP contribution in [0.15, 0.2) is 17.1 Å². The minimum absolute atomic E-state index is 0. The zero-order chi connectivity index (χ0) is 19.9. The summed E-state index contributed by atoms with van der Waals surface area (Å²) in [7, 11) is 1.03. The van der Waals surface area contributed by atoms with E-state index < -0.39 is 10.8 Å². The van der Waals surface area contributed by atoms with E-state index >= 15 is 0 Å². The molecule has 0 amide bonds. The van der Waals surface area contributed by atoms with Crippen molar-refractivity contribution >= 4 is 52.3 Å². The smallest absolute Gasteiger partial charge is 0.191 e. The number of rotatable bonds is 5. The van der Waals surface area contributed by atoms with Gasteiger partial charge in [0.15, 0.2) is 17.5 Å². The molecule has 0 spiro atoms. The molecule has 1 aliphatic heterocycles. The Kier molecular flexibility index (Phi) is 10.3. The maximum Gasteiger partial charge on any atom is 0.191 e. The summed E-state index contributed by atoms with van der Waals surface area (Å²) in [6, 6.07) is 4.16. The molecule has 3 rings (SSSR count). The Morgan fingerprint density at radius 3 is 2.83 bits per heavy atom. The third-order valence-corrected chi connectivity index (χ3v) is 7.19. The fourth-order valence-electron chi connectivity index (χ4n) is 3.71. The van der Waals surface area contributed by atoms with Crippen LogP contribution in [0.3, 0.4) is 0 Å². The third-order valence-electron chi connectivity index (χ3n) is 5.17. The first kappa shape index (κ1) is 24.5. The number of fused-ring (bicyclic) bond motifs is 1. The van der Waals surface area contributed by atoms with E-state index in [1.165, 1.54) is 0 Å². The Bertz CT molecular complexity index is 735. The first-order valence-electron chi connectivity index (χ1n) is 10.0. The molecule has 1 fully saturated rings. The lowest BCUT2D eigenvalue weighted by atomic mass is 9.95. The lowest BCUT2D eigenvalue weighted by molar-refractivity contribution is 0.297. The first-order chi connectivity index (χ1) is 13.6. The van der Waals surface area contributed by atoms with Gasteiger partial charge in [0.05, 0.1) is 18.2 Å². The molecule has 164 valence electrons. The Hall–Kier alpha value is -0.740. The molecule has 3 unspecified atom stereocenters. The topological polar surface area (TPSA) is 72.0 Å². The van der Waals surface area contributed by atoms with Gasteiger partial charge in [-0.2, -0.15) is 0 Å². The second kappa shape index (κ2) is 12.2. The number of guanidine groups is 1. The van der Waals surface area contributed by atoms with E-state index in [1.54, 1.807) is 7.05 Å². The maximum atomic E-state index is 12.2. The average Bonchev–Trinajstić information content (AvgIpc) is 2.96. The van der Waals surface area contributed by atoms with Crippen LogP contribution in [-0.2, 0) is 17.3 Å². The number of hydrogen-bond donors (Lipinski definition) is 2. The summed E-state index contributed by atoms with van der Waals surface area (Å²) >= 11 is 6.38. The van der Waals surface area contributed by atoms with Crippen molar-refractivity contribution in [2.45, 2.75) is 56.9 Å². The van der Waals surface area contributed by atoms with Crippen molar-refractivity contribution < 1.29 is 13.7 Å². The summed E-state index contributed by atoms with van der Waals surface area (Å²) in [5.74, 6) is 2.80. The highest BCUT2D eigenvalue weighted by Gasteiger charge is 2.26. The van der Waals surface area contributed by atoms with Crippen molar-refractivity contribution in [2.75, 3.05) is 26.0 Å². The van der Waals surface area contributed by atoms with Gasteiger partial charge in [-0.15, -0.1) is 24.0 Å². The molecule has 3 atom stereocenters. The third kappa shape index (κ3) is 6.89. The largest absolute Gasteiger partial charge is 0.489 e. The predicted molar refractivity (Wildman–Crippen MR) is 131 cm³/mol. The predicted octanol–water partition coefficient (Wildman–Crippen LogP) is 3.86. The number of nitrogens with one attached hydrogen (secondary N) is 2. The van der Waals surface area contributed by atoms with Gasteiger partial charge in [0, 0.05) is 47.9 Å². The molecular weight excluding hydrogens is 525 g/mol. The van der Waals surface area contributed by atoms with Gasteiger partial charge in [0.1, 0.15) is 0 Å². The molecule has 2 aliphatic rings. The summed E-state index contributed by atoms with van der Waals surface area (Å²) in [4.78, 5) is 4.34. The number of benzene rings is 1. The van der Waals surface area contributed by atoms with Crippen molar-refractivity contribution in [2.24, 2.45) is 4.99 Å². The van der Waals surface area contributed by atoms with Crippen LogP contribution >= 0.6 is 35.6 Å². The summed E-state index contributed by atoms with van der Waals surface area (Å²) in [5, 5.41) is 7.69. The van der Waals surface area contributed by atoms with Crippen LogP contribution in [0.2, 0.25) is 5.02 Å². The number of hydrogen-bond acceptors (Lipinski definition) is 4. The molecule has 29 heavy (non-hydrogen) atoms. The minimum atomic E-state index is -0.731. The molecule has 1 aliphatic carbocycles. The molecule has 1 heterocycles. The summed E-state index contributed by atoms with van der Waals surface area (Å²) in [6.45, 7) is 3.82. The van der Waals surface area contributed by atoms with Crippen molar-refractivity contribution in [3.63, 3.8) is 0 Å². The zero-order valence-corrected chi connectivity index (χ0v) is 20.9. The SMILES string of the molecule is CCS(=O)C1CCCC(NC(=NC)NCc2cc(Cl)c3c(c2)OCCCO3)C1.I. The van der Waals surface area contributed by atoms with Crippen LogP contribution in [-0.4, -0.2) is 47.5 Å². The molecular formula is C20H31ClIN3O3S. The normalized spacial score (nSPS) is 22.8. The van der Waals surface area contributed by atoms with Crippen LogP contribution in [0.4, 0.5) is 0 Å².